The first kappa shape index (κ1) is 24.0. The molecule has 1 fully saturated rings. The smallest absolute Gasteiger partial charge is 0.331 e. The van der Waals surface area contributed by atoms with Crippen molar-refractivity contribution in [2.75, 3.05) is 6.54 Å². The van der Waals surface area contributed by atoms with E-state index in [9.17, 15) is 33.2 Å². The summed E-state index contributed by atoms with van der Waals surface area (Å²) in [4.78, 5) is 36.7. The van der Waals surface area contributed by atoms with Crippen molar-refractivity contribution in [3.05, 3.63) is 106 Å². The van der Waals surface area contributed by atoms with Gasteiger partial charge in [0, 0.05) is 18.6 Å². The molecule has 0 bridgehead atoms. The van der Waals surface area contributed by atoms with Crippen molar-refractivity contribution in [1.82, 2.24) is 9.62 Å². The molecule has 10 nitrogen and oxygen atoms in total. The van der Waals surface area contributed by atoms with Crippen molar-refractivity contribution >= 4 is 27.6 Å². The number of hydrogen-bond donors (Lipinski definition) is 2. The molecule has 1 heterocycles. The van der Waals surface area contributed by atoms with E-state index in [1.807, 2.05) is 0 Å². The Labute approximate surface area is 201 Å². The van der Waals surface area contributed by atoms with Gasteiger partial charge in [-0.25, -0.2) is 13.2 Å². The number of likely N-dealkylation sites (tertiary alicyclic amines) is 1. The first-order chi connectivity index (χ1) is 16.6. The first-order valence-corrected chi connectivity index (χ1v) is 12.0. The summed E-state index contributed by atoms with van der Waals surface area (Å²) in [5.74, 6) is -1.92. The van der Waals surface area contributed by atoms with Gasteiger partial charge in [0.25, 0.3) is 5.69 Å². The van der Waals surface area contributed by atoms with E-state index in [2.05, 4.69) is 4.72 Å². The summed E-state index contributed by atoms with van der Waals surface area (Å²) in [5.41, 5.74) is -0.830. The summed E-state index contributed by atoms with van der Waals surface area (Å²) in [7, 11) is -4.28. The lowest BCUT2D eigenvalue weighted by Gasteiger charge is -2.51. The van der Waals surface area contributed by atoms with Crippen LogP contribution in [0.25, 0.3) is 0 Å². The number of hydrogen-bond acceptors (Lipinski definition) is 6. The van der Waals surface area contributed by atoms with Crippen molar-refractivity contribution in [1.29, 1.82) is 0 Å². The monoisotopic (exact) mass is 495 g/mol. The maximum Gasteiger partial charge on any atom is 0.331 e. The number of benzene rings is 3. The Morgan fingerprint density at radius 1 is 1.03 bits per heavy atom. The van der Waals surface area contributed by atoms with Gasteiger partial charge in [-0.1, -0.05) is 60.7 Å². The quantitative estimate of drug-likeness (QED) is 0.263. The van der Waals surface area contributed by atoms with Crippen molar-refractivity contribution in [2.24, 2.45) is 0 Å². The summed E-state index contributed by atoms with van der Waals surface area (Å²) in [6.45, 7) is -0.182. The van der Waals surface area contributed by atoms with Crippen LogP contribution < -0.4 is 4.72 Å². The van der Waals surface area contributed by atoms with Gasteiger partial charge >= 0.3 is 5.97 Å². The Kier molecular flexibility index (Phi) is 6.37. The fraction of sp³-hybridized carbons (Fsp3) is 0.167. The second kappa shape index (κ2) is 9.28. The number of carbonyl (C=O) groups excluding carboxylic acids is 1. The van der Waals surface area contributed by atoms with E-state index >= 15 is 0 Å². The molecule has 35 heavy (non-hydrogen) atoms. The average molecular weight is 496 g/mol. The highest BCUT2D eigenvalue weighted by atomic mass is 32.2. The number of aliphatic carboxylic acids is 1. The fourth-order valence-corrected chi connectivity index (χ4v) is 5.52. The van der Waals surface area contributed by atoms with Crippen LogP contribution in [0.5, 0.6) is 0 Å². The number of carboxylic acids is 1. The van der Waals surface area contributed by atoms with Crippen molar-refractivity contribution in [3.8, 4) is 0 Å². The zero-order chi connectivity index (χ0) is 25.2. The molecule has 2 atom stereocenters. The summed E-state index contributed by atoms with van der Waals surface area (Å²) >= 11 is 0. The van der Waals surface area contributed by atoms with Gasteiger partial charge < -0.3 is 10.0 Å². The summed E-state index contributed by atoms with van der Waals surface area (Å²) in [6.07, 6.45) is -0.00346. The van der Waals surface area contributed by atoms with Gasteiger partial charge in [-0.3, -0.25) is 14.9 Å². The standard InChI is InChI=1S/C24H21N3O7S/c28-22(29)21(18-9-5-2-6-10-18)26-16-24(23(26)30,15-17-7-3-1-4-8-17)25-35(33,34)20-13-11-19(12-14-20)27(31)32/h1-14,21,25H,15-16H2,(H,28,29)/t21-,24-/m1/s1. The Bertz CT molecular complexity index is 1360. The summed E-state index contributed by atoms with van der Waals surface area (Å²) in [6, 6.07) is 20.0. The van der Waals surface area contributed by atoms with Gasteiger partial charge in [-0.15, -0.1) is 0 Å². The normalized spacial score (nSPS) is 18.5. The largest absolute Gasteiger partial charge is 0.479 e. The minimum absolute atomic E-state index is 0.00346. The lowest BCUT2D eigenvalue weighted by molar-refractivity contribution is -0.384. The fourth-order valence-electron chi connectivity index (χ4n) is 4.16. The van der Waals surface area contributed by atoms with Crippen molar-refractivity contribution < 1.29 is 28.0 Å². The van der Waals surface area contributed by atoms with E-state index in [0.717, 1.165) is 29.2 Å². The van der Waals surface area contributed by atoms with Crippen LogP contribution in [0.15, 0.2) is 89.8 Å². The van der Waals surface area contributed by atoms with Crippen LogP contribution in [0.1, 0.15) is 17.2 Å². The minimum Gasteiger partial charge on any atom is -0.479 e. The van der Waals surface area contributed by atoms with Gasteiger partial charge in [0.1, 0.15) is 5.54 Å². The molecule has 1 aliphatic heterocycles. The minimum atomic E-state index is -4.28. The van der Waals surface area contributed by atoms with E-state index in [0.29, 0.717) is 11.1 Å². The van der Waals surface area contributed by atoms with Gasteiger partial charge in [0.15, 0.2) is 6.04 Å². The number of carbonyl (C=O) groups is 2. The number of nitrogens with one attached hydrogen (secondary N) is 1. The summed E-state index contributed by atoms with van der Waals surface area (Å²) in [5, 5.41) is 20.7. The van der Waals surface area contributed by atoms with Crippen LogP contribution in [0.2, 0.25) is 0 Å². The third-order valence-corrected chi connectivity index (χ3v) is 7.36. The molecule has 0 saturated carbocycles. The number of sulfonamides is 1. The molecular weight excluding hydrogens is 474 g/mol. The highest BCUT2D eigenvalue weighted by Crippen LogP contribution is 2.36. The maximum absolute atomic E-state index is 13.5. The molecule has 3 aromatic carbocycles. The van der Waals surface area contributed by atoms with E-state index in [1.54, 1.807) is 60.7 Å². The Morgan fingerprint density at radius 3 is 2.11 bits per heavy atom. The van der Waals surface area contributed by atoms with E-state index in [-0.39, 0.29) is 23.5 Å². The Balaban J connectivity index is 1.68. The van der Waals surface area contributed by atoms with Crippen LogP contribution >= 0.6 is 0 Å². The van der Waals surface area contributed by atoms with Crippen LogP contribution in [0.3, 0.4) is 0 Å². The number of non-ortho nitro benzene ring substituents is 1. The maximum atomic E-state index is 13.5. The van der Waals surface area contributed by atoms with Gasteiger partial charge in [-0.2, -0.15) is 4.72 Å². The number of nitro groups is 1. The molecule has 4 rings (SSSR count). The van der Waals surface area contributed by atoms with Gasteiger partial charge in [0.2, 0.25) is 15.9 Å². The number of carboxylic acid groups (broad SMARTS) is 1. The second-order valence-corrected chi connectivity index (χ2v) is 9.87. The molecule has 2 N–H and O–H groups in total. The highest BCUT2D eigenvalue weighted by Gasteiger charge is 2.57. The molecule has 0 aromatic heterocycles. The molecule has 3 aromatic rings. The van der Waals surface area contributed by atoms with E-state index in [1.165, 1.54) is 0 Å². The lowest BCUT2D eigenvalue weighted by atomic mass is 9.81. The molecule has 0 aliphatic carbocycles. The van der Waals surface area contributed by atoms with Crippen molar-refractivity contribution in [3.63, 3.8) is 0 Å². The van der Waals surface area contributed by atoms with Gasteiger partial charge in [0.05, 0.1) is 16.4 Å². The molecule has 0 spiro atoms. The third-order valence-electron chi connectivity index (χ3n) is 5.81. The van der Waals surface area contributed by atoms with Crippen molar-refractivity contribution in [2.45, 2.75) is 22.9 Å². The molecule has 1 aliphatic rings. The number of amides is 1. The zero-order valence-electron chi connectivity index (χ0n) is 18.3. The zero-order valence-corrected chi connectivity index (χ0v) is 19.1. The average Bonchev–Trinajstić information content (AvgIpc) is 2.84. The molecule has 11 heteroatoms. The van der Waals surface area contributed by atoms with E-state index < -0.39 is 38.4 Å². The predicted molar refractivity (Wildman–Crippen MR) is 125 cm³/mol. The first-order valence-electron chi connectivity index (χ1n) is 10.5. The van der Waals surface area contributed by atoms with E-state index in [4.69, 9.17) is 0 Å². The molecule has 1 saturated heterocycles. The highest BCUT2D eigenvalue weighted by molar-refractivity contribution is 7.89. The van der Waals surface area contributed by atoms with Crippen LogP contribution in [-0.4, -0.2) is 47.3 Å². The van der Waals surface area contributed by atoms with Crippen LogP contribution in [0.4, 0.5) is 5.69 Å². The third kappa shape index (κ3) is 4.77. The SMILES string of the molecule is O=C(O)[C@@H](c1ccccc1)N1C[C@@](Cc2ccccc2)(NS(=O)(=O)c2ccc([N+](=O)[O-])cc2)C1=O. The predicted octanol–water partition coefficient (Wildman–Crippen LogP) is 2.52. The number of nitrogens with zero attached hydrogens (tertiary/aromatic N) is 2. The lowest BCUT2D eigenvalue weighted by Crippen LogP contribution is -2.75. The van der Waals surface area contributed by atoms with Crippen LogP contribution in [-0.2, 0) is 26.0 Å². The Hall–Kier alpha value is -4.09. The number of nitro benzene ring substituents is 1. The topological polar surface area (TPSA) is 147 Å². The van der Waals surface area contributed by atoms with Gasteiger partial charge in [-0.05, 0) is 23.3 Å². The molecule has 0 unspecified atom stereocenters. The molecule has 0 radical (unpaired) electrons. The molecule has 1 amide bonds. The summed E-state index contributed by atoms with van der Waals surface area (Å²) < 4.78 is 28.8. The number of rotatable bonds is 9. The Morgan fingerprint density at radius 2 is 1.60 bits per heavy atom. The second-order valence-electron chi connectivity index (χ2n) is 8.19. The van der Waals surface area contributed by atoms with Crippen LogP contribution in [0, 0.1) is 10.1 Å². The molecular formula is C24H21N3O7S. The number of β-lactam (4-membered cyclic amide) rings is 1. The molecule has 180 valence electrons.